The Morgan fingerprint density at radius 2 is 2.11 bits per heavy atom. The van der Waals surface area contributed by atoms with Crippen molar-refractivity contribution in [2.45, 2.75) is 4.21 Å². The van der Waals surface area contributed by atoms with Crippen molar-refractivity contribution < 1.29 is 8.42 Å². The second kappa shape index (κ2) is 5.16. The van der Waals surface area contributed by atoms with Gasteiger partial charge < -0.3 is 0 Å². The van der Waals surface area contributed by atoms with Gasteiger partial charge in [0.2, 0.25) is 0 Å². The molecule has 2 aromatic heterocycles. The normalized spacial score (nSPS) is 11.2. The number of nitrogens with one attached hydrogen (secondary N) is 2. The highest BCUT2D eigenvalue weighted by molar-refractivity contribution is 7.94. The molecule has 6 nitrogen and oxygen atoms in total. The van der Waals surface area contributed by atoms with Crippen LogP contribution in [0.25, 0.3) is 10.9 Å². The van der Waals surface area contributed by atoms with E-state index in [2.05, 4.69) is 19.9 Å². The molecule has 0 fully saturated rings. The first-order valence-electron chi connectivity index (χ1n) is 4.99. The van der Waals surface area contributed by atoms with Gasteiger partial charge in [0.15, 0.2) is 4.21 Å². The minimum Gasteiger partial charge on any atom is -0.279 e. The lowest BCUT2D eigenvalue weighted by Crippen LogP contribution is -2.11. The number of benzene rings is 1. The van der Waals surface area contributed by atoms with E-state index in [0.717, 1.165) is 22.2 Å². The summed E-state index contributed by atoms with van der Waals surface area (Å²) in [5, 5.41) is 7.59. The van der Waals surface area contributed by atoms with Crippen molar-refractivity contribution in [1.29, 1.82) is 0 Å². The van der Waals surface area contributed by atoms with Crippen LogP contribution in [0.2, 0.25) is 0 Å². The molecule has 3 rings (SSSR count). The van der Waals surface area contributed by atoms with Gasteiger partial charge in [-0.2, -0.15) is 5.10 Å². The summed E-state index contributed by atoms with van der Waals surface area (Å²) in [4.78, 5) is 3.75. The van der Waals surface area contributed by atoms with Crippen molar-refractivity contribution in [2.75, 3.05) is 4.72 Å². The fraction of sp³-hybridized carbons (Fsp3) is 0. The van der Waals surface area contributed by atoms with Gasteiger partial charge in [-0.15, -0.1) is 23.7 Å². The van der Waals surface area contributed by atoms with Crippen molar-refractivity contribution in [3.63, 3.8) is 0 Å². The molecule has 0 spiro atoms. The zero-order valence-corrected chi connectivity index (χ0v) is 11.8. The molecule has 0 amide bonds. The number of aromatic nitrogens is 3. The van der Waals surface area contributed by atoms with E-state index < -0.39 is 10.0 Å². The van der Waals surface area contributed by atoms with Crippen LogP contribution in [0, 0.1) is 0 Å². The minimum atomic E-state index is -3.55. The van der Waals surface area contributed by atoms with Gasteiger partial charge in [0.25, 0.3) is 10.0 Å². The number of hydrogen-bond acceptors (Lipinski definition) is 5. The minimum absolute atomic E-state index is 0. The number of halogens is 1. The molecule has 0 saturated carbocycles. The van der Waals surface area contributed by atoms with Crippen LogP contribution in [0.5, 0.6) is 0 Å². The number of thiazole rings is 1. The van der Waals surface area contributed by atoms with E-state index in [1.54, 1.807) is 24.4 Å². The number of nitrogens with zero attached hydrogens (tertiary/aromatic N) is 2. The van der Waals surface area contributed by atoms with E-state index in [1.165, 1.54) is 11.7 Å². The van der Waals surface area contributed by atoms with E-state index in [4.69, 9.17) is 0 Å². The molecular weight excluding hydrogens is 308 g/mol. The van der Waals surface area contributed by atoms with Gasteiger partial charge in [0.1, 0.15) is 0 Å². The topological polar surface area (TPSA) is 87.7 Å². The van der Waals surface area contributed by atoms with Crippen molar-refractivity contribution in [1.82, 2.24) is 15.2 Å². The molecule has 0 aliphatic carbocycles. The highest BCUT2D eigenvalue weighted by Crippen LogP contribution is 2.21. The molecule has 1 aromatic carbocycles. The van der Waals surface area contributed by atoms with E-state index in [9.17, 15) is 8.42 Å². The maximum absolute atomic E-state index is 12.0. The molecule has 2 N–H and O–H groups in total. The zero-order valence-electron chi connectivity index (χ0n) is 9.40. The van der Waals surface area contributed by atoms with Gasteiger partial charge >= 0.3 is 0 Å². The number of fused-ring (bicyclic) bond motifs is 1. The number of rotatable bonds is 3. The first-order chi connectivity index (χ1) is 8.65. The lowest BCUT2D eigenvalue weighted by Gasteiger charge is -2.05. The van der Waals surface area contributed by atoms with E-state index in [-0.39, 0.29) is 16.6 Å². The van der Waals surface area contributed by atoms with Crippen LogP contribution in [0.4, 0.5) is 5.69 Å². The molecule has 0 unspecified atom stereocenters. The standard InChI is InChI=1S/C10H8N4O2S2.ClH/c15-18(16,10-5-11-6-17-10)14-8-2-1-7-4-12-13-9(7)3-8;/h1-6,14H,(H,12,13);1H. The second-order valence-electron chi connectivity index (χ2n) is 3.60. The Morgan fingerprint density at radius 1 is 1.26 bits per heavy atom. The summed E-state index contributed by atoms with van der Waals surface area (Å²) in [5.41, 5.74) is 2.74. The third kappa shape index (κ3) is 2.70. The SMILES string of the molecule is Cl.O=S(=O)(Nc1ccc2cn[nH]c2c1)c1cncs1. The van der Waals surface area contributed by atoms with Crippen LogP contribution in [-0.2, 0) is 10.0 Å². The van der Waals surface area contributed by atoms with Crippen LogP contribution in [-0.4, -0.2) is 23.6 Å². The molecular formula is C10H9ClN4O2S2. The molecule has 9 heteroatoms. The molecule has 0 bridgehead atoms. The number of H-pyrrole nitrogens is 1. The van der Waals surface area contributed by atoms with Crippen molar-refractivity contribution in [3.8, 4) is 0 Å². The predicted molar refractivity (Wildman–Crippen MR) is 76.3 cm³/mol. The highest BCUT2D eigenvalue weighted by atomic mass is 35.5. The molecule has 3 aromatic rings. The molecule has 0 saturated heterocycles. The van der Waals surface area contributed by atoms with Crippen LogP contribution >= 0.6 is 23.7 Å². The largest absolute Gasteiger partial charge is 0.279 e. The molecule has 0 aliphatic rings. The Hall–Kier alpha value is -1.64. The summed E-state index contributed by atoms with van der Waals surface area (Å²) in [6.07, 6.45) is 3.00. The fourth-order valence-corrected chi connectivity index (χ4v) is 3.39. The van der Waals surface area contributed by atoms with E-state index in [0.29, 0.717) is 5.69 Å². The Kier molecular flexibility index (Phi) is 3.74. The molecule has 19 heavy (non-hydrogen) atoms. The molecule has 100 valence electrons. The number of anilines is 1. The molecule has 0 aliphatic heterocycles. The van der Waals surface area contributed by atoms with Gasteiger partial charge in [0, 0.05) is 5.39 Å². The van der Waals surface area contributed by atoms with Gasteiger partial charge in [-0.25, -0.2) is 8.42 Å². The van der Waals surface area contributed by atoms with Crippen LogP contribution in [0.15, 0.2) is 40.3 Å². The Bertz CT molecular complexity index is 783. The Labute approximate surface area is 119 Å². The lowest BCUT2D eigenvalue weighted by atomic mass is 10.2. The summed E-state index contributed by atoms with van der Waals surface area (Å²) in [7, 11) is -3.55. The van der Waals surface area contributed by atoms with Crippen LogP contribution in [0.3, 0.4) is 0 Å². The third-order valence-corrected chi connectivity index (χ3v) is 5.02. The average molecular weight is 317 g/mol. The lowest BCUT2D eigenvalue weighted by molar-refractivity contribution is 0.603. The number of aromatic amines is 1. The van der Waals surface area contributed by atoms with Gasteiger partial charge in [-0.05, 0) is 18.2 Å². The van der Waals surface area contributed by atoms with Crippen molar-refractivity contribution in [3.05, 3.63) is 36.1 Å². The molecule has 0 atom stereocenters. The first-order valence-corrected chi connectivity index (χ1v) is 7.36. The highest BCUT2D eigenvalue weighted by Gasteiger charge is 2.15. The maximum atomic E-state index is 12.0. The molecule has 2 heterocycles. The van der Waals surface area contributed by atoms with Crippen molar-refractivity contribution >= 4 is 50.4 Å². The van der Waals surface area contributed by atoms with E-state index in [1.807, 2.05) is 0 Å². The van der Waals surface area contributed by atoms with Gasteiger partial charge in [-0.3, -0.25) is 14.8 Å². The number of hydrogen-bond donors (Lipinski definition) is 2. The Balaban J connectivity index is 0.00000133. The zero-order chi connectivity index (χ0) is 12.6. The summed E-state index contributed by atoms with van der Waals surface area (Å²) >= 11 is 1.07. The van der Waals surface area contributed by atoms with Gasteiger partial charge in [0.05, 0.1) is 29.1 Å². The van der Waals surface area contributed by atoms with E-state index >= 15 is 0 Å². The molecule has 0 radical (unpaired) electrons. The smallest absolute Gasteiger partial charge is 0.273 e. The summed E-state index contributed by atoms with van der Waals surface area (Å²) in [6, 6.07) is 5.18. The Morgan fingerprint density at radius 3 is 2.84 bits per heavy atom. The van der Waals surface area contributed by atoms with Crippen molar-refractivity contribution in [2.24, 2.45) is 0 Å². The summed E-state index contributed by atoms with van der Waals surface area (Å²) < 4.78 is 26.6. The third-order valence-electron chi connectivity index (χ3n) is 2.37. The maximum Gasteiger partial charge on any atom is 0.273 e. The van der Waals surface area contributed by atoms with Gasteiger partial charge in [-0.1, -0.05) is 0 Å². The second-order valence-corrected chi connectivity index (χ2v) is 6.39. The average Bonchev–Trinajstić information content (AvgIpc) is 2.99. The predicted octanol–water partition coefficient (Wildman–Crippen LogP) is 2.24. The monoisotopic (exact) mass is 316 g/mol. The first kappa shape index (κ1) is 13.8. The quantitative estimate of drug-likeness (QED) is 0.775. The van der Waals surface area contributed by atoms with Crippen LogP contribution < -0.4 is 4.72 Å². The number of sulfonamides is 1. The fourth-order valence-electron chi connectivity index (χ4n) is 1.54. The summed E-state index contributed by atoms with van der Waals surface area (Å²) in [5.74, 6) is 0. The van der Waals surface area contributed by atoms with Crippen LogP contribution in [0.1, 0.15) is 0 Å². The summed E-state index contributed by atoms with van der Waals surface area (Å²) in [6.45, 7) is 0.